The summed E-state index contributed by atoms with van der Waals surface area (Å²) in [6.07, 6.45) is 4.90. The second-order valence-corrected chi connectivity index (χ2v) is 7.47. The fourth-order valence-electron chi connectivity index (χ4n) is 2.62. The van der Waals surface area contributed by atoms with Crippen LogP contribution in [0.5, 0.6) is 0 Å². The Kier molecular flexibility index (Phi) is 4.59. The van der Waals surface area contributed by atoms with Gasteiger partial charge in [0.1, 0.15) is 5.82 Å². The van der Waals surface area contributed by atoms with E-state index in [0.717, 1.165) is 5.82 Å². The maximum Gasteiger partial charge on any atom is 0.243 e. The summed E-state index contributed by atoms with van der Waals surface area (Å²) in [6.45, 7) is 3.34. The number of Topliss-reactive ketones (excluding diaryl/α,β-unsaturated/α-hetero) is 1. The molecule has 3 rings (SSSR count). The summed E-state index contributed by atoms with van der Waals surface area (Å²) < 4.78 is 26.9. The van der Waals surface area contributed by atoms with Crippen LogP contribution < -0.4 is 4.90 Å². The van der Waals surface area contributed by atoms with Crippen LogP contribution in [0.15, 0.2) is 47.8 Å². The van der Waals surface area contributed by atoms with Gasteiger partial charge in [-0.05, 0) is 19.1 Å². The van der Waals surface area contributed by atoms with Gasteiger partial charge in [-0.15, -0.1) is 0 Å². The zero-order chi connectivity index (χ0) is 17.2. The normalized spacial score (nSPS) is 16.1. The van der Waals surface area contributed by atoms with Gasteiger partial charge < -0.3 is 4.90 Å². The summed E-state index contributed by atoms with van der Waals surface area (Å²) in [4.78, 5) is 21.8. The van der Waals surface area contributed by atoms with Crippen molar-refractivity contribution in [3.63, 3.8) is 0 Å². The Morgan fingerprint density at radius 3 is 2.25 bits per heavy atom. The molecule has 0 saturated carbocycles. The van der Waals surface area contributed by atoms with Crippen LogP contribution in [-0.2, 0) is 10.0 Å². The van der Waals surface area contributed by atoms with Crippen LogP contribution in [-0.4, -0.2) is 54.7 Å². The van der Waals surface area contributed by atoms with Crippen molar-refractivity contribution in [2.24, 2.45) is 0 Å². The number of hydrogen-bond donors (Lipinski definition) is 0. The molecule has 0 radical (unpaired) electrons. The van der Waals surface area contributed by atoms with Gasteiger partial charge in [-0.1, -0.05) is 12.1 Å². The number of carbonyl (C=O) groups excluding carboxylic acids is 1. The monoisotopic (exact) mass is 346 g/mol. The van der Waals surface area contributed by atoms with Crippen molar-refractivity contribution in [3.05, 3.63) is 48.4 Å². The molecule has 1 aromatic carbocycles. The number of sulfonamides is 1. The number of carbonyl (C=O) groups is 1. The third kappa shape index (κ3) is 3.29. The highest BCUT2D eigenvalue weighted by molar-refractivity contribution is 7.89. The molecule has 0 bridgehead atoms. The lowest BCUT2D eigenvalue weighted by atomic mass is 10.2. The lowest BCUT2D eigenvalue weighted by Crippen LogP contribution is -2.48. The Labute approximate surface area is 141 Å². The maximum atomic E-state index is 12.7. The van der Waals surface area contributed by atoms with E-state index < -0.39 is 10.0 Å². The van der Waals surface area contributed by atoms with E-state index in [1.165, 1.54) is 23.4 Å². The van der Waals surface area contributed by atoms with E-state index in [9.17, 15) is 13.2 Å². The summed E-state index contributed by atoms with van der Waals surface area (Å²) in [7, 11) is -3.55. The molecule has 8 heteroatoms. The average molecular weight is 346 g/mol. The second-order valence-electron chi connectivity index (χ2n) is 5.54. The van der Waals surface area contributed by atoms with Crippen molar-refractivity contribution in [2.75, 3.05) is 31.1 Å². The van der Waals surface area contributed by atoms with Crippen molar-refractivity contribution in [1.82, 2.24) is 14.3 Å². The van der Waals surface area contributed by atoms with E-state index >= 15 is 0 Å². The molecule has 0 spiro atoms. The molecule has 7 nitrogen and oxygen atoms in total. The van der Waals surface area contributed by atoms with Crippen LogP contribution in [0.4, 0.5) is 5.82 Å². The molecule has 0 unspecified atom stereocenters. The van der Waals surface area contributed by atoms with Crippen molar-refractivity contribution in [1.29, 1.82) is 0 Å². The first-order valence-electron chi connectivity index (χ1n) is 7.60. The Bertz CT molecular complexity index is 814. The van der Waals surface area contributed by atoms with Crippen molar-refractivity contribution < 1.29 is 13.2 Å². The van der Waals surface area contributed by atoms with Gasteiger partial charge in [0.05, 0.1) is 11.1 Å². The number of nitrogens with zero attached hydrogens (tertiary/aromatic N) is 4. The molecule has 1 saturated heterocycles. The fraction of sp³-hybridized carbons (Fsp3) is 0.312. The SMILES string of the molecule is CC(=O)c1ccc(S(=O)(=O)N2CCN(c3cnccn3)CC2)cc1. The van der Waals surface area contributed by atoms with Gasteiger partial charge in [0.2, 0.25) is 10.0 Å². The van der Waals surface area contributed by atoms with Crippen LogP contribution >= 0.6 is 0 Å². The third-order valence-corrected chi connectivity index (χ3v) is 5.92. The summed E-state index contributed by atoms with van der Waals surface area (Å²) >= 11 is 0. The van der Waals surface area contributed by atoms with Gasteiger partial charge in [-0.2, -0.15) is 4.31 Å². The number of hydrogen-bond acceptors (Lipinski definition) is 6. The van der Waals surface area contributed by atoms with E-state index in [4.69, 9.17) is 0 Å². The zero-order valence-electron chi connectivity index (χ0n) is 13.3. The van der Waals surface area contributed by atoms with Crippen molar-refractivity contribution >= 4 is 21.6 Å². The highest BCUT2D eigenvalue weighted by Gasteiger charge is 2.28. The molecule has 0 aliphatic carbocycles. The first-order valence-corrected chi connectivity index (χ1v) is 9.04. The highest BCUT2D eigenvalue weighted by Crippen LogP contribution is 2.20. The van der Waals surface area contributed by atoms with Crippen LogP contribution in [0.1, 0.15) is 17.3 Å². The minimum Gasteiger partial charge on any atom is -0.353 e. The zero-order valence-corrected chi connectivity index (χ0v) is 14.1. The molecule has 126 valence electrons. The van der Waals surface area contributed by atoms with Gasteiger partial charge in [0, 0.05) is 44.1 Å². The number of anilines is 1. The van der Waals surface area contributed by atoms with Gasteiger partial charge in [0.15, 0.2) is 5.78 Å². The number of aromatic nitrogens is 2. The molecule has 0 amide bonds. The first kappa shape index (κ1) is 16.5. The largest absolute Gasteiger partial charge is 0.353 e. The van der Waals surface area contributed by atoms with E-state index in [1.807, 2.05) is 4.90 Å². The van der Waals surface area contributed by atoms with E-state index in [1.54, 1.807) is 30.7 Å². The van der Waals surface area contributed by atoms with Gasteiger partial charge in [-0.25, -0.2) is 13.4 Å². The van der Waals surface area contributed by atoms with Crippen LogP contribution in [0, 0.1) is 0 Å². The number of benzene rings is 1. The average Bonchev–Trinajstić information content (AvgIpc) is 2.62. The standard InChI is InChI=1S/C16H18N4O3S/c1-13(21)14-2-4-15(5-3-14)24(22,23)20-10-8-19(9-11-20)16-12-17-6-7-18-16/h2-7,12H,8-11H2,1H3. The van der Waals surface area contributed by atoms with Crippen LogP contribution in [0.2, 0.25) is 0 Å². The van der Waals surface area contributed by atoms with Gasteiger partial charge in [-0.3, -0.25) is 9.78 Å². The summed E-state index contributed by atoms with van der Waals surface area (Å²) in [5.41, 5.74) is 0.501. The van der Waals surface area contributed by atoms with Crippen molar-refractivity contribution in [2.45, 2.75) is 11.8 Å². The first-order chi connectivity index (χ1) is 11.5. The Morgan fingerprint density at radius 2 is 1.71 bits per heavy atom. The summed E-state index contributed by atoms with van der Waals surface area (Å²) in [5, 5.41) is 0. The van der Waals surface area contributed by atoms with Crippen molar-refractivity contribution in [3.8, 4) is 0 Å². The topological polar surface area (TPSA) is 83.5 Å². The van der Waals surface area contributed by atoms with E-state index in [0.29, 0.717) is 31.7 Å². The summed E-state index contributed by atoms with van der Waals surface area (Å²) in [6, 6.07) is 6.07. The van der Waals surface area contributed by atoms with Gasteiger partial charge >= 0.3 is 0 Å². The molecule has 2 aromatic rings. The van der Waals surface area contributed by atoms with Crippen LogP contribution in [0.3, 0.4) is 0 Å². The summed E-state index contributed by atoms with van der Waals surface area (Å²) in [5.74, 6) is 0.664. The minimum atomic E-state index is -3.55. The molecule has 0 N–H and O–H groups in total. The second kappa shape index (κ2) is 6.66. The molecule has 2 heterocycles. The minimum absolute atomic E-state index is 0.0865. The molecule has 1 aromatic heterocycles. The highest BCUT2D eigenvalue weighted by atomic mass is 32.2. The predicted molar refractivity (Wildman–Crippen MR) is 89.5 cm³/mol. The molecular formula is C16H18N4O3S. The molecule has 1 aliphatic heterocycles. The molecule has 24 heavy (non-hydrogen) atoms. The number of rotatable bonds is 4. The Hall–Kier alpha value is -2.32. The lowest BCUT2D eigenvalue weighted by molar-refractivity contribution is 0.101. The van der Waals surface area contributed by atoms with E-state index in [-0.39, 0.29) is 10.7 Å². The van der Waals surface area contributed by atoms with E-state index in [2.05, 4.69) is 9.97 Å². The molecule has 1 aliphatic rings. The Balaban J connectivity index is 1.72. The quantitative estimate of drug-likeness (QED) is 0.773. The number of piperazine rings is 1. The molecule has 0 atom stereocenters. The maximum absolute atomic E-state index is 12.7. The smallest absolute Gasteiger partial charge is 0.243 e. The molecule has 1 fully saturated rings. The number of ketones is 1. The van der Waals surface area contributed by atoms with Gasteiger partial charge in [0.25, 0.3) is 0 Å². The van der Waals surface area contributed by atoms with Crippen LogP contribution in [0.25, 0.3) is 0 Å². The molecular weight excluding hydrogens is 328 g/mol. The Morgan fingerprint density at radius 1 is 1.04 bits per heavy atom. The third-order valence-electron chi connectivity index (χ3n) is 4.01. The predicted octanol–water partition coefficient (Wildman–Crippen LogP) is 1.19. The lowest BCUT2D eigenvalue weighted by Gasteiger charge is -2.34. The fourth-order valence-corrected chi connectivity index (χ4v) is 4.04.